The molecule has 0 atom stereocenters. The minimum Gasteiger partial charge on any atom is -0.489 e. The number of carboxylic acid groups (broad SMARTS) is 1. The van der Waals surface area contributed by atoms with Crippen molar-refractivity contribution in [3.8, 4) is 11.8 Å². The number of aromatic carboxylic acids is 1. The Morgan fingerprint density at radius 3 is 2.02 bits per heavy atom. The van der Waals surface area contributed by atoms with Gasteiger partial charge in [0.1, 0.15) is 17.5 Å². The number of anilines is 2. The molecule has 3 heterocycles. The first-order chi connectivity index (χ1) is 23.8. The summed E-state index contributed by atoms with van der Waals surface area (Å²) in [5.74, 6) is 0.345. The van der Waals surface area contributed by atoms with Crippen molar-refractivity contribution < 1.29 is 19.4 Å². The second-order valence-electron chi connectivity index (χ2n) is 15.6. The van der Waals surface area contributed by atoms with Crippen molar-refractivity contribution in [2.24, 2.45) is 16.7 Å². The minimum atomic E-state index is -1.00. The first-order valence-electron chi connectivity index (χ1n) is 17.8. The average Bonchev–Trinajstić information content (AvgIpc) is 3.10. The number of pyridine rings is 1. The molecule has 0 radical (unpaired) electrons. The molecular weight excluding hydrogens is 628 g/mol. The van der Waals surface area contributed by atoms with E-state index in [1.807, 2.05) is 44.2 Å². The van der Waals surface area contributed by atoms with Crippen LogP contribution in [0.2, 0.25) is 0 Å². The Morgan fingerprint density at radius 2 is 1.48 bits per heavy atom. The number of aromatic nitrogens is 1. The minimum absolute atomic E-state index is 0.0708. The van der Waals surface area contributed by atoms with E-state index in [0.717, 1.165) is 86.9 Å². The number of carbonyl (C=O) groups is 2. The van der Waals surface area contributed by atoms with Crippen LogP contribution in [0.25, 0.3) is 0 Å². The largest absolute Gasteiger partial charge is 0.489 e. The number of carboxylic acids is 1. The van der Waals surface area contributed by atoms with Gasteiger partial charge in [-0.3, -0.25) is 9.69 Å². The maximum absolute atomic E-state index is 13.5. The quantitative estimate of drug-likeness (QED) is 0.284. The van der Waals surface area contributed by atoms with Crippen molar-refractivity contribution in [3.05, 3.63) is 82.7 Å². The molecular formula is C40H50N6O4. The predicted molar refractivity (Wildman–Crippen MR) is 195 cm³/mol. The molecule has 3 aromatic rings. The highest BCUT2D eigenvalue weighted by Gasteiger charge is 2.64. The first-order valence-corrected chi connectivity index (χ1v) is 17.8. The third-order valence-electron chi connectivity index (χ3n) is 11.3. The zero-order valence-electron chi connectivity index (χ0n) is 30.2. The maximum Gasteiger partial charge on any atom is 0.354 e. The Morgan fingerprint density at radius 1 is 0.900 bits per heavy atom. The third kappa shape index (κ3) is 7.02. The lowest BCUT2D eigenvalue weighted by Crippen LogP contribution is -2.74. The number of nitriles is 1. The Labute approximate surface area is 296 Å². The molecule has 1 aliphatic carbocycles. The van der Waals surface area contributed by atoms with Gasteiger partial charge in [-0.05, 0) is 92.3 Å². The van der Waals surface area contributed by atoms with Gasteiger partial charge in [0.2, 0.25) is 0 Å². The number of aryl methyl sites for hydroxylation is 2. The van der Waals surface area contributed by atoms with Crippen molar-refractivity contribution in [2.45, 2.75) is 66.5 Å². The van der Waals surface area contributed by atoms with Crippen LogP contribution in [0.15, 0.2) is 54.7 Å². The summed E-state index contributed by atoms with van der Waals surface area (Å²) in [6.07, 6.45) is 3.83. The van der Waals surface area contributed by atoms with Gasteiger partial charge in [-0.15, -0.1) is 0 Å². The van der Waals surface area contributed by atoms with Crippen molar-refractivity contribution in [1.82, 2.24) is 15.2 Å². The second kappa shape index (κ2) is 13.9. The molecule has 0 bridgehead atoms. The molecule has 0 unspecified atom stereocenters. The molecule has 10 heteroatoms. The number of rotatable bonds is 9. The number of nitrogens with zero attached hydrogens (tertiary/aromatic N) is 5. The Hall–Kier alpha value is -4.62. The second-order valence-corrected chi connectivity index (χ2v) is 15.6. The Bertz CT molecular complexity index is 1710. The number of piperazine rings is 1. The van der Waals surface area contributed by atoms with Crippen LogP contribution in [0.4, 0.5) is 11.4 Å². The Kier molecular flexibility index (Phi) is 9.82. The van der Waals surface area contributed by atoms with Crippen molar-refractivity contribution in [3.63, 3.8) is 0 Å². The van der Waals surface area contributed by atoms with Gasteiger partial charge in [0.15, 0.2) is 0 Å². The highest BCUT2D eigenvalue weighted by atomic mass is 16.5. The smallest absolute Gasteiger partial charge is 0.354 e. The van der Waals surface area contributed by atoms with Crippen LogP contribution in [0.5, 0.6) is 5.75 Å². The lowest BCUT2D eigenvalue weighted by Gasteiger charge is -2.63. The van der Waals surface area contributed by atoms with Crippen molar-refractivity contribution in [2.75, 3.05) is 55.6 Å². The summed E-state index contributed by atoms with van der Waals surface area (Å²) in [5.41, 5.74) is 4.79. The normalized spacial score (nSPS) is 21.9. The van der Waals surface area contributed by atoms with E-state index in [4.69, 9.17) is 9.84 Å². The summed E-state index contributed by atoms with van der Waals surface area (Å²) in [7, 11) is 0. The number of amides is 1. The van der Waals surface area contributed by atoms with E-state index in [1.54, 1.807) is 12.3 Å². The third-order valence-corrected chi connectivity index (χ3v) is 11.3. The summed E-state index contributed by atoms with van der Waals surface area (Å²) in [6.45, 7) is 19.4. The van der Waals surface area contributed by atoms with Crippen LogP contribution in [-0.4, -0.2) is 84.8 Å². The SMILES string of the molecule is Cc1cc(O[C@H]2C(C)(C)[C@H](NC(=O)c3ccc(N4CCC(CN5CCN(c6ccc(C(=O)O)nc6)CC5)CC4)cc3)C2(C)C)cc(C)c1C#N. The van der Waals surface area contributed by atoms with Crippen LogP contribution < -0.4 is 19.9 Å². The van der Waals surface area contributed by atoms with E-state index in [0.29, 0.717) is 17.0 Å². The molecule has 2 saturated heterocycles. The summed E-state index contributed by atoms with van der Waals surface area (Å²) in [6, 6.07) is 17.5. The van der Waals surface area contributed by atoms with Crippen LogP contribution in [0, 0.1) is 41.9 Å². The first kappa shape index (κ1) is 35.2. The number of piperidine rings is 1. The van der Waals surface area contributed by atoms with Gasteiger partial charge in [0.05, 0.1) is 23.5 Å². The fourth-order valence-electron chi connectivity index (χ4n) is 8.77. The lowest BCUT2D eigenvalue weighted by molar-refractivity contribution is -0.164. The molecule has 1 amide bonds. The number of ether oxygens (including phenoxy) is 1. The van der Waals surface area contributed by atoms with E-state index < -0.39 is 5.97 Å². The Balaban J connectivity index is 0.966. The summed E-state index contributed by atoms with van der Waals surface area (Å²) in [4.78, 5) is 35.9. The van der Waals surface area contributed by atoms with Crippen LogP contribution >= 0.6 is 0 Å². The molecule has 10 nitrogen and oxygen atoms in total. The van der Waals surface area contributed by atoms with Gasteiger partial charge in [0.25, 0.3) is 5.91 Å². The standard InChI is InChI=1S/C40H50N6O4/c1-26-21-32(22-27(2)33(26)23-41)50-38-39(3,4)37(40(38,5)6)43-35(47)29-7-9-30(10-8-29)45-15-13-28(14-16-45)25-44-17-19-46(20-18-44)31-11-12-34(36(48)49)42-24-31/h7-12,21-22,24,28,37-38H,13-20,25H2,1-6H3,(H,43,47)(H,48,49)/t37-,38-. The molecule has 3 fully saturated rings. The predicted octanol–water partition coefficient (Wildman–Crippen LogP) is 5.92. The van der Waals surface area contributed by atoms with Gasteiger partial charge in [-0.25, -0.2) is 9.78 Å². The highest BCUT2D eigenvalue weighted by molar-refractivity contribution is 5.95. The summed E-state index contributed by atoms with van der Waals surface area (Å²) < 4.78 is 6.53. The van der Waals surface area contributed by atoms with E-state index >= 15 is 0 Å². The molecule has 6 rings (SSSR count). The van der Waals surface area contributed by atoms with Crippen LogP contribution in [0.1, 0.15) is 78.1 Å². The molecule has 0 spiro atoms. The van der Waals surface area contributed by atoms with E-state index in [9.17, 15) is 14.9 Å². The van der Waals surface area contributed by atoms with Crippen molar-refractivity contribution in [1.29, 1.82) is 5.26 Å². The topological polar surface area (TPSA) is 122 Å². The van der Waals surface area contributed by atoms with Crippen molar-refractivity contribution >= 4 is 23.3 Å². The van der Waals surface area contributed by atoms with Crippen LogP contribution in [0.3, 0.4) is 0 Å². The maximum atomic E-state index is 13.5. The monoisotopic (exact) mass is 678 g/mol. The average molecular weight is 679 g/mol. The zero-order valence-corrected chi connectivity index (χ0v) is 30.2. The van der Waals surface area contributed by atoms with Gasteiger partial charge in [0, 0.05) is 73.9 Å². The van der Waals surface area contributed by atoms with Gasteiger partial charge < -0.3 is 25.0 Å². The van der Waals surface area contributed by atoms with E-state index in [2.05, 4.69) is 70.9 Å². The molecule has 2 aliphatic heterocycles. The van der Waals surface area contributed by atoms with Crippen LogP contribution in [-0.2, 0) is 0 Å². The molecule has 2 N–H and O–H groups in total. The number of carbonyl (C=O) groups excluding carboxylic acids is 1. The number of hydrogen-bond donors (Lipinski definition) is 2. The van der Waals surface area contributed by atoms with Gasteiger partial charge in [-0.2, -0.15) is 5.26 Å². The highest BCUT2D eigenvalue weighted by Crippen LogP contribution is 2.55. The van der Waals surface area contributed by atoms with Gasteiger partial charge >= 0.3 is 5.97 Å². The fourth-order valence-corrected chi connectivity index (χ4v) is 8.77. The lowest BCUT2D eigenvalue weighted by atomic mass is 9.49. The number of hydrogen-bond acceptors (Lipinski definition) is 8. The molecule has 3 aliphatic rings. The molecule has 264 valence electrons. The molecule has 50 heavy (non-hydrogen) atoms. The number of benzene rings is 2. The van der Waals surface area contributed by atoms with E-state index in [-0.39, 0.29) is 34.6 Å². The van der Waals surface area contributed by atoms with E-state index in [1.165, 1.54) is 0 Å². The molecule has 2 aromatic carbocycles. The molecule has 1 saturated carbocycles. The summed E-state index contributed by atoms with van der Waals surface area (Å²) in [5, 5.41) is 21.9. The summed E-state index contributed by atoms with van der Waals surface area (Å²) >= 11 is 0. The number of nitrogens with one attached hydrogen (secondary N) is 1. The fraction of sp³-hybridized carbons (Fsp3) is 0.500. The molecule has 1 aromatic heterocycles. The van der Waals surface area contributed by atoms with Gasteiger partial charge in [-0.1, -0.05) is 27.7 Å². The zero-order chi connectivity index (χ0) is 35.8.